The first-order chi connectivity index (χ1) is 19.3. The van der Waals surface area contributed by atoms with E-state index in [0.29, 0.717) is 40.1 Å². The Morgan fingerprint density at radius 2 is 1.50 bits per heavy atom. The molecule has 7 nitrogen and oxygen atoms in total. The summed E-state index contributed by atoms with van der Waals surface area (Å²) in [6.07, 6.45) is 0. The summed E-state index contributed by atoms with van der Waals surface area (Å²) in [4.78, 5) is 2.28. The summed E-state index contributed by atoms with van der Waals surface area (Å²) < 4.78 is 30.4. The molecule has 4 aromatic carbocycles. The molecule has 9 heteroatoms. The summed E-state index contributed by atoms with van der Waals surface area (Å²) in [5.41, 5.74) is 5.51. The van der Waals surface area contributed by atoms with E-state index < -0.39 is 11.5 Å². The number of nitrogens with zero attached hydrogens (tertiary/aromatic N) is 1. The average molecular weight is 572 g/mol. The Morgan fingerprint density at radius 1 is 0.800 bits per heavy atom. The molecule has 202 valence electrons. The minimum atomic E-state index is -2.75. The normalized spacial score (nSPS) is 19.1. The quantitative estimate of drug-likeness (QED) is 0.274. The third-order valence-electron chi connectivity index (χ3n) is 8.64. The standard InChI is InChI=1S/C31H26NO6PS/c1-31(2)18-11-16(34-3)6-7-20(18)32-21-8-9-22(36-5)27-28(21)39(40)29-23(12-17(35-4)13-24(29)38-27)37-26-15(14-33)10-19(31)25(32)30(26)39/h6-13,33H,14H2,1-5H3. The molecule has 0 amide bonds. The number of rotatable bonds is 4. The van der Waals surface area contributed by atoms with Crippen molar-refractivity contribution in [2.45, 2.75) is 25.9 Å². The average Bonchev–Trinajstić information content (AvgIpc) is 2.96. The molecule has 40 heavy (non-hydrogen) atoms. The molecule has 4 aliphatic rings. The van der Waals surface area contributed by atoms with Crippen LogP contribution >= 0.6 is 6.04 Å². The fraction of sp³-hybridized carbons (Fsp3) is 0.226. The van der Waals surface area contributed by atoms with Gasteiger partial charge in [-0.05, 0) is 47.5 Å². The van der Waals surface area contributed by atoms with Gasteiger partial charge >= 0.3 is 0 Å². The predicted octanol–water partition coefficient (Wildman–Crippen LogP) is 5.59. The molecule has 0 spiro atoms. The molecular weight excluding hydrogens is 545 g/mol. The molecule has 0 aromatic heterocycles. The number of benzene rings is 4. The van der Waals surface area contributed by atoms with E-state index in [1.807, 2.05) is 24.3 Å². The Bertz CT molecular complexity index is 1870. The zero-order valence-corrected chi connectivity index (χ0v) is 24.3. The first kappa shape index (κ1) is 24.1. The van der Waals surface area contributed by atoms with Gasteiger partial charge < -0.3 is 33.7 Å². The van der Waals surface area contributed by atoms with Crippen molar-refractivity contribution in [3.8, 4) is 40.2 Å². The van der Waals surface area contributed by atoms with Crippen molar-refractivity contribution in [1.82, 2.24) is 0 Å². The van der Waals surface area contributed by atoms with Crippen LogP contribution in [0.1, 0.15) is 30.5 Å². The van der Waals surface area contributed by atoms with E-state index in [1.54, 1.807) is 21.3 Å². The van der Waals surface area contributed by atoms with Crippen molar-refractivity contribution >= 4 is 50.8 Å². The monoisotopic (exact) mass is 571 g/mol. The number of hydrogen-bond donors (Lipinski definition) is 1. The lowest BCUT2D eigenvalue weighted by Gasteiger charge is -2.51. The highest BCUT2D eigenvalue weighted by Crippen LogP contribution is 2.69. The summed E-state index contributed by atoms with van der Waals surface area (Å²) >= 11 is 6.91. The second kappa shape index (κ2) is 7.72. The minimum absolute atomic E-state index is 0.188. The summed E-state index contributed by atoms with van der Waals surface area (Å²) in [6.45, 7) is 4.24. The third kappa shape index (κ3) is 2.63. The lowest BCUT2D eigenvalue weighted by Crippen LogP contribution is -2.46. The molecule has 1 atom stereocenters. The maximum Gasteiger partial charge on any atom is 0.180 e. The second-order valence-corrected chi connectivity index (χ2v) is 15.1. The van der Waals surface area contributed by atoms with Crippen LogP contribution in [-0.4, -0.2) is 26.4 Å². The molecule has 4 aliphatic heterocycles. The van der Waals surface area contributed by atoms with Crippen LogP contribution in [-0.2, 0) is 23.8 Å². The molecule has 8 rings (SSSR count). The van der Waals surface area contributed by atoms with Gasteiger partial charge in [-0.1, -0.05) is 25.7 Å². The van der Waals surface area contributed by atoms with Crippen LogP contribution < -0.4 is 44.5 Å². The van der Waals surface area contributed by atoms with Gasteiger partial charge in [0.25, 0.3) is 0 Å². The van der Waals surface area contributed by atoms with Gasteiger partial charge in [0.15, 0.2) is 11.5 Å². The van der Waals surface area contributed by atoms with Crippen LogP contribution in [0.15, 0.2) is 48.5 Å². The Kier molecular flexibility index (Phi) is 4.66. The first-order valence-electron chi connectivity index (χ1n) is 13.0. The second-order valence-electron chi connectivity index (χ2n) is 10.9. The van der Waals surface area contributed by atoms with E-state index in [0.717, 1.165) is 49.9 Å². The fourth-order valence-electron chi connectivity index (χ4n) is 6.76. The predicted molar refractivity (Wildman–Crippen MR) is 159 cm³/mol. The summed E-state index contributed by atoms with van der Waals surface area (Å²) in [6, 6.07) is 13.3. The lowest BCUT2D eigenvalue weighted by atomic mass is 9.72. The van der Waals surface area contributed by atoms with Crippen LogP contribution in [0.25, 0.3) is 0 Å². The van der Waals surface area contributed by atoms with Crippen LogP contribution in [0.2, 0.25) is 0 Å². The molecule has 0 aliphatic carbocycles. The smallest absolute Gasteiger partial charge is 0.180 e. The van der Waals surface area contributed by atoms with Crippen LogP contribution in [0, 0.1) is 0 Å². The van der Waals surface area contributed by atoms with Gasteiger partial charge in [-0.25, -0.2) is 0 Å². The highest BCUT2D eigenvalue weighted by atomic mass is 32.4. The first-order valence-corrected chi connectivity index (χ1v) is 15.8. The van der Waals surface area contributed by atoms with Crippen molar-refractivity contribution in [1.29, 1.82) is 0 Å². The van der Waals surface area contributed by atoms with E-state index >= 15 is 0 Å². The number of fused-ring (bicyclic) bond motifs is 3. The lowest BCUT2D eigenvalue weighted by molar-refractivity contribution is 0.276. The Labute approximate surface area is 236 Å². The molecule has 0 saturated heterocycles. The van der Waals surface area contributed by atoms with Gasteiger partial charge in [-0.3, -0.25) is 0 Å². The number of aliphatic hydroxyl groups excluding tert-OH is 1. The van der Waals surface area contributed by atoms with Gasteiger partial charge in [0.1, 0.15) is 28.7 Å². The third-order valence-corrected chi connectivity index (χ3v) is 13.5. The summed E-state index contributed by atoms with van der Waals surface area (Å²) in [5.74, 6) is 4.45. The fourth-order valence-corrected chi connectivity index (χ4v) is 11.8. The highest BCUT2D eigenvalue weighted by molar-refractivity contribution is 8.26. The van der Waals surface area contributed by atoms with Crippen LogP contribution in [0.4, 0.5) is 17.1 Å². The number of ether oxygens (including phenoxy) is 5. The van der Waals surface area contributed by atoms with E-state index in [4.69, 9.17) is 35.5 Å². The molecule has 4 aromatic rings. The zero-order valence-electron chi connectivity index (χ0n) is 22.6. The van der Waals surface area contributed by atoms with Crippen molar-refractivity contribution < 1.29 is 28.8 Å². The van der Waals surface area contributed by atoms with Crippen molar-refractivity contribution in [2.24, 2.45) is 0 Å². The number of hydrogen-bond acceptors (Lipinski definition) is 8. The highest BCUT2D eigenvalue weighted by Gasteiger charge is 2.54. The Morgan fingerprint density at radius 3 is 2.17 bits per heavy atom. The number of methoxy groups -OCH3 is 3. The van der Waals surface area contributed by atoms with Crippen LogP contribution in [0.5, 0.6) is 40.2 Å². The van der Waals surface area contributed by atoms with Crippen molar-refractivity contribution in [2.75, 3.05) is 26.2 Å². The topological polar surface area (TPSA) is 69.6 Å². The summed E-state index contributed by atoms with van der Waals surface area (Å²) in [5, 5.41) is 13.4. The SMILES string of the molecule is COc1cc2c3c(c1)Oc1c(CO)cc4c5c1P3(=S)c1c(ccc(OC)c1O2)N5c1ccc(OC)cc1C4(C)C. The van der Waals surface area contributed by atoms with Gasteiger partial charge in [0.2, 0.25) is 0 Å². The largest absolute Gasteiger partial charge is 0.497 e. The molecule has 4 heterocycles. The van der Waals surface area contributed by atoms with E-state index in [-0.39, 0.29) is 6.61 Å². The number of anilines is 3. The maximum absolute atomic E-state index is 10.7. The van der Waals surface area contributed by atoms with Gasteiger partial charge in [0.05, 0.1) is 66.9 Å². The molecule has 0 fully saturated rings. The van der Waals surface area contributed by atoms with Gasteiger partial charge in [0, 0.05) is 23.1 Å². The molecule has 1 unspecified atom stereocenters. The Balaban J connectivity index is 1.59. The van der Waals surface area contributed by atoms with Crippen molar-refractivity contribution in [3.05, 3.63) is 65.2 Å². The summed E-state index contributed by atoms with van der Waals surface area (Å²) in [7, 11) is 4.94. The molecule has 0 bridgehead atoms. The van der Waals surface area contributed by atoms with Gasteiger partial charge in [-0.15, -0.1) is 0 Å². The minimum Gasteiger partial charge on any atom is -0.497 e. The van der Waals surface area contributed by atoms with Crippen LogP contribution in [0.3, 0.4) is 0 Å². The van der Waals surface area contributed by atoms with Gasteiger partial charge in [-0.2, -0.15) is 0 Å². The van der Waals surface area contributed by atoms with E-state index in [2.05, 4.69) is 43.0 Å². The zero-order chi connectivity index (χ0) is 27.7. The molecular formula is C31H26NO6PS. The van der Waals surface area contributed by atoms with E-state index in [9.17, 15) is 5.11 Å². The number of aliphatic hydroxyl groups is 1. The molecule has 0 saturated carbocycles. The Hall–Kier alpha value is -3.71. The van der Waals surface area contributed by atoms with E-state index in [1.165, 1.54) is 0 Å². The maximum atomic E-state index is 10.7. The van der Waals surface area contributed by atoms with Crippen molar-refractivity contribution in [3.63, 3.8) is 0 Å². The molecule has 0 radical (unpaired) electrons. The molecule has 1 N–H and O–H groups in total.